The third-order valence-corrected chi connectivity index (χ3v) is 4.02. The Bertz CT molecular complexity index is 579. The van der Waals surface area contributed by atoms with Crippen LogP contribution in [0.15, 0.2) is 42.5 Å². The van der Waals surface area contributed by atoms with Crippen LogP contribution in [0.25, 0.3) is 0 Å². The quantitative estimate of drug-likeness (QED) is 0.716. The molecule has 0 saturated carbocycles. The van der Waals surface area contributed by atoms with E-state index in [1.165, 1.54) is 29.5 Å². The second-order valence-electron chi connectivity index (χ2n) is 5.56. The molecule has 0 N–H and O–H groups in total. The van der Waals surface area contributed by atoms with E-state index in [1.807, 2.05) is 12.1 Å². The van der Waals surface area contributed by atoms with Gasteiger partial charge in [0.15, 0.2) is 0 Å². The summed E-state index contributed by atoms with van der Waals surface area (Å²) in [7, 11) is 0. The fourth-order valence-corrected chi connectivity index (χ4v) is 2.86. The van der Waals surface area contributed by atoms with Gasteiger partial charge in [0, 0.05) is 0 Å². The van der Waals surface area contributed by atoms with Crippen molar-refractivity contribution in [2.45, 2.75) is 32.6 Å². The lowest BCUT2D eigenvalue weighted by Gasteiger charge is -2.18. The lowest BCUT2D eigenvalue weighted by atomic mass is 10.0. The van der Waals surface area contributed by atoms with Gasteiger partial charge in [-0.05, 0) is 61.4 Å². The van der Waals surface area contributed by atoms with Crippen LogP contribution in [0.4, 0.5) is 0 Å². The molecule has 0 bridgehead atoms. The van der Waals surface area contributed by atoms with E-state index < -0.39 is 0 Å². The SMILES string of the molecule is Cc1cccc2c1CCCO2.c1ccc2c(c1)CCCO2. The van der Waals surface area contributed by atoms with E-state index >= 15 is 0 Å². The molecule has 0 unspecified atom stereocenters. The molecule has 0 spiro atoms. The van der Waals surface area contributed by atoms with E-state index in [-0.39, 0.29) is 0 Å². The maximum Gasteiger partial charge on any atom is 0.122 e. The van der Waals surface area contributed by atoms with Crippen LogP contribution in [0.3, 0.4) is 0 Å². The molecule has 2 aliphatic rings. The maximum absolute atomic E-state index is 5.50. The molecule has 0 amide bonds. The van der Waals surface area contributed by atoms with E-state index in [9.17, 15) is 0 Å². The molecule has 0 fully saturated rings. The van der Waals surface area contributed by atoms with Crippen molar-refractivity contribution >= 4 is 0 Å². The first-order valence-electron chi connectivity index (χ1n) is 7.76. The van der Waals surface area contributed by atoms with Crippen LogP contribution in [0.1, 0.15) is 29.5 Å². The fraction of sp³-hybridized carbons (Fsp3) is 0.368. The van der Waals surface area contributed by atoms with Gasteiger partial charge in [-0.25, -0.2) is 0 Å². The average Bonchev–Trinajstić information content (AvgIpc) is 2.56. The molecule has 21 heavy (non-hydrogen) atoms. The molecule has 2 nitrogen and oxygen atoms in total. The monoisotopic (exact) mass is 282 g/mol. The Balaban J connectivity index is 0.000000126. The summed E-state index contributed by atoms with van der Waals surface area (Å²) in [6.07, 6.45) is 4.69. The summed E-state index contributed by atoms with van der Waals surface area (Å²) in [6, 6.07) is 14.5. The largest absolute Gasteiger partial charge is 0.493 e. The summed E-state index contributed by atoms with van der Waals surface area (Å²) in [5.74, 6) is 2.17. The van der Waals surface area contributed by atoms with Crippen LogP contribution in [0.5, 0.6) is 11.5 Å². The molecule has 2 aliphatic heterocycles. The van der Waals surface area contributed by atoms with E-state index in [4.69, 9.17) is 9.47 Å². The minimum Gasteiger partial charge on any atom is -0.493 e. The zero-order valence-electron chi connectivity index (χ0n) is 12.6. The van der Waals surface area contributed by atoms with Gasteiger partial charge in [-0.3, -0.25) is 0 Å². The smallest absolute Gasteiger partial charge is 0.122 e. The van der Waals surface area contributed by atoms with Crippen molar-refractivity contribution in [3.05, 3.63) is 59.2 Å². The van der Waals surface area contributed by atoms with Crippen molar-refractivity contribution in [3.63, 3.8) is 0 Å². The highest BCUT2D eigenvalue weighted by molar-refractivity contribution is 5.40. The number of hydrogen-bond donors (Lipinski definition) is 0. The van der Waals surface area contributed by atoms with Crippen molar-refractivity contribution in [1.29, 1.82) is 0 Å². The molecule has 0 atom stereocenters. The highest BCUT2D eigenvalue weighted by atomic mass is 16.5. The number of rotatable bonds is 0. The fourth-order valence-electron chi connectivity index (χ4n) is 2.86. The summed E-state index contributed by atoms with van der Waals surface area (Å²) in [5, 5.41) is 0. The van der Waals surface area contributed by atoms with Crippen LogP contribution >= 0.6 is 0 Å². The van der Waals surface area contributed by atoms with Gasteiger partial charge in [-0.1, -0.05) is 30.3 Å². The Morgan fingerprint density at radius 1 is 0.762 bits per heavy atom. The van der Waals surface area contributed by atoms with Gasteiger partial charge >= 0.3 is 0 Å². The van der Waals surface area contributed by atoms with Crippen molar-refractivity contribution in [2.24, 2.45) is 0 Å². The Morgan fingerprint density at radius 2 is 1.48 bits per heavy atom. The molecular formula is C19H22O2. The van der Waals surface area contributed by atoms with Gasteiger partial charge in [0.1, 0.15) is 11.5 Å². The maximum atomic E-state index is 5.50. The number of hydrogen-bond acceptors (Lipinski definition) is 2. The Hall–Kier alpha value is -1.96. The van der Waals surface area contributed by atoms with E-state index in [0.29, 0.717) is 0 Å². The molecule has 0 aliphatic carbocycles. The van der Waals surface area contributed by atoms with Gasteiger partial charge < -0.3 is 9.47 Å². The van der Waals surface area contributed by atoms with Crippen molar-refractivity contribution in [3.8, 4) is 11.5 Å². The van der Waals surface area contributed by atoms with Crippen LogP contribution in [-0.2, 0) is 12.8 Å². The zero-order valence-corrected chi connectivity index (χ0v) is 12.6. The first-order valence-corrected chi connectivity index (χ1v) is 7.76. The molecule has 110 valence electrons. The number of aryl methyl sites for hydroxylation is 2. The summed E-state index contributed by atoms with van der Waals surface area (Å²) in [6.45, 7) is 3.92. The van der Waals surface area contributed by atoms with Gasteiger partial charge in [-0.2, -0.15) is 0 Å². The second-order valence-corrected chi connectivity index (χ2v) is 5.56. The molecule has 0 radical (unpaired) electrons. The molecular weight excluding hydrogens is 260 g/mol. The Kier molecular flexibility index (Phi) is 4.44. The number of para-hydroxylation sites is 1. The minimum atomic E-state index is 0.885. The molecule has 4 rings (SSSR count). The topological polar surface area (TPSA) is 18.5 Å². The normalized spacial score (nSPS) is 15.5. The molecule has 2 heterocycles. The average molecular weight is 282 g/mol. The van der Waals surface area contributed by atoms with Crippen molar-refractivity contribution < 1.29 is 9.47 Å². The molecule has 0 saturated heterocycles. The molecule has 0 aromatic heterocycles. The lowest BCUT2D eigenvalue weighted by Crippen LogP contribution is -2.09. The standard InChI is InChI=1S/C10H12O.C9H10O/c1-8-4-2-6-10-9(8)5-3-7-11-10;1-2-6-9-8(4-1)5-3-7-10-9/h2,4,6H,3,5,7H2,1H3;1-2,4,6H,3,5,7H2. The van der Waals surface area contributed by atoms with Crippen LogP contribution in [0.2, 0.25) is 0 Å². The third kappa shape index (κ3) is 3.38. The number of fused-ring (bicyclic) bond motifs is 2. The first kappa shape index (κ1) is 14.0. The second kappa shape index (κ2) is 6.66. The molecule has 2 aromatic rings. The summed E-state index contributed by atoms with van der Waals surface area (Å²) < 4.78 is 10.9. The Labute approximate surface area is 126 Å². The highest BCUT2D eigenvalue weighted by Gasteiger charge is 2.10. The Morgan fingerprint density at radius 3 is 2.29 bits per heavy atom. The number of benzene rings is 2. The van der Waals surface area contributed by atoms with Crippen molar-refractivity contribution in [1.82, 2.24) is 0 Å². The number of ether oxygens (including phenoxy) is 2. The third-order valence-electron chi connectivity index (χ3n) is 4.02. The predicted octanol–water partition coefficient (Wildman–Crippen LogP) is 4.33. The van der Waals surface area contributed by atoms with Gasteiger partial charge in [0.25, 0.3) is 0 Å². The van der Waals surface area contributed by atoms with Crippen LogP contribution in [0, 0.1) is 6.92 Å². The van der Waals surface area contributed by atoms with E-state index in [0.717, 1.165) is 37.6 Å². The zero-order chi connectivity index (χ0) is 14.5. The first-order chi connectivity index (χ1) is 10.3. The highest BCUT2D eigenvalue weighted by Crippen LogP contribution is 2.26. The minimum absolute atomic E-state index is 0.885. The van der Waals surface area contributed by atoms with E-state index in [2.05, 4.69) is 37.3 Å². The van der Waals surface area contributed by atoms with Gasteiger partial charge in [-0.15, -0.1) is 0 Å². The van der Waals surface area contributed by atoms with Crippen LogP contribution < -0.4 is 9.47 Å². The summed E-state index contributed by atoms with van der Waals surface area (Å²) in [5.41, 5.74) is 4.12. The molecule has 2 aromatic carbocycles. The van der Waals surface area contributed by atoms with Crippen LogP contribution in [-0.4, -0.2) is 13.2 Å². The summed E-state index contributed by atoms with van der Waals surface area (Å²) in [4.78, 5) is 0. The lowest BCUT2D eigenvalue weighted by molar-refractivity contribution is 0.288. The van der Waals surface area contributed by atoms with Gasteiger partial charge in [0.05, 0.1) is 13.2 Å². The van der Waals surface area contributed by atoms with E-state index in [1.54, 1.807) is 0 Å². The summed E-state index contributed by atoms with van der Waals surface area (Å²) >= 11 is 0. The predicted molar refractivity (Wildman–Crippen MR) is 85.3 cm³/mol. The molecule has 2 heteroatoms. The van der Waals surface area contributed by atoms with Crippen molar-refractivity contribution in [2.75, 3.05) is 13.2 Å². The van der Waals surface area contributed by atoms with Gasteiger partial charge in [0.2, 0.25) is 0 Å².